The summed E-state index contributed by atoms with van der Waals surface area (Å²) in [6.45, 7) is 0.897. The van der Waals surface area contributed by atoms with Gasteiger partial charge in [-0.1, -0.05) is 23.7 Å². The van der Waals surface area contributed by atoms with Crippen LogP contribution in [0.2, 0.25) is 5.02 Å². The van der Waals surface area contributed by atoms with Crippen molar-refractivity contribution >= 4 is 29.1 Å². The molecule has 1 saturated carbocycles. The number of carbonyl (C=O) groups is 2. The molecule has 3 rings (SSSR count). The van der Waals surface area contributed by atoms with Crippen LogP contribution in [0.15, 0.2) is 48.5 Å². The van der Waals surface area contributed by atoms with E-state index in [4.69, 9.17) is 16.3 Å². The first-order chi connectivity index (χ1) is 13.9. The molecule has 0 aliphatic heterocycles. The van der Waals surface area contributed by atoms with Gasteiger partial charge in [-0.05, 0) is 61.9 Å². The molecule has 0 bridgehead atoms. The van der Waals surface area contributed by atoms with E-state index in [2.05, 4.69) is 5.32 Å². The number of halogens is 1. The van der Waals surface area contributed by atoms with Crippen molar-refractivity contribution in [2.75, 3.05) is 32.6 Å². The number of likely N-dealkylation sites (N-methyl/N-ethyl adjacent to an activating group) is 1. The molecule has 2 aromatic rings. The molecule has 154 valence electrons. The molecular weight excluding hydrogens is 390 g/mol. The summed E-state index contributed by atoms with van der Waals surface area (Å²) in [5.41, 5.74) is 1.74. The lowest BCUT2D eigenvalue weighted by Gasteiger charge is -2.25. The normalized spacial score (nSPS) is 13.2. The van der Waals surface area contributed by atoms with Gasteiger partial charge in [0.25, 0.3) is 0 Å². The highest BCUT2D eigenvalue weighted by Crippen LogP contribution is 2.29. The third-order valence-electron chi connectivity index (χ3n) is 4.77. The Morgan fingerprint density at radius 3 is 2.31 bits per heavy atom. The Morgan fingerprint density at radius 2 is 1.72 bits per heavy atom. The number of benzene rings is 2. The van der Waals surface area contributed by atoms with Crippen molar-refractivity contribution in [3.8, 4) is 5.75 Å². The van der Waals surface area contributed by atoms with Crippen LogP contribution in [0.5, 0.6) is 5.75 Å². The molecule has 2 aromatic carbocycles. The first-order valence-corrected chi connectivity index (χ1v) is 9.99. The Labute approximate surface area is 176 Å². The third kappa shape index (κ3) is 6.48. The number of carbonyl (C=O) groups excluding carboxylic acids is 2. The minimum atomic E-state index is -0.171. The zero-order valence-corrected chi connectivity index (χ0v) is 17.5. The van der Waals surface area contributed by atoms with Crippen molar-refractivity contribution in [1.29, 1.82) is 0 Å². The maximum atomic E-state index is 12.9. The average Bonchev–Trinajstić information content (AvgIpc) is 3.53. The quantitative estimate of drug-likeness (QED) is 0.681. The fraction of sp³-hybridized carbons (Fsp3) is 0.364. The highest BCUT2D eigenvalue weighted by atomic mass is 35.5. The van der Waals surface area contributed by atoms with Crippen molar-refractivity contribution in [3.05, 3.63) is 59.1 Å². The molecule has 0 radical (unpaired) electrons. The second-order valence-electron chi connectivity index (χ2n) is 7.33. The van der Waals surface area contributed by atoms with E-state index in [0.717, 1.165) is 24.2 Å². The van der Waals surface area contributed by atoms with Gasteiger partial charge in [-0.15, -0.1) is 0 Å². The number of anilines is 1. The van der Waals surface area contributed by atoms with Gasteiger partial charge in [0.05, 0.1) is 20.2 Å². The number of nitrogens with zero attached hydrogens (tertiary/aromatic N) is 2. The first-order valence-electron chi connectivity index (χ1n) is 9.61. The lowest BCUT2D eigenvalue weighted by Crippen LogP contribution is -2.42. The molecule has 0 heterocycles. The predicted octanol–water partition coefficient (Wildman–Crippen LogP) is 3.41. The minimum absolute atomic E-state index is 0.0325. The van der Waals surface area contributed by atoms with Crippen LogP contribution in [0, 0.1) is 0 Å². The summed E-state index contributed by atoms with van der Waals surface area (Å²) < 4.78 is 5.19. The number of amides is 2. The molecule has 0 aromatic heterocycles. The van der Waals surface area contributed by atoms with Gasteiger partial charge in [0.2, 0.25) is 11.8 Å². The van der Waals surface area contributed by atoms with Crippen LogP contribution in [0.3, 0.4) is 0 Å². The second-order valence-corrected chi connectivity index (χ2v) is 7.76. The molecule has 1 fully saturated rings. The Balaban J connectivity index is 1.52. The number of nitrogens with one attached hydrogen (secondary N) is 1. The maximum Gasteiger partial charge on any atom is 0.238 e. The van der Waals surface area contributed by atoms with Crippen LogP contribution >= 0.6 is 11.6 Å². The van der Waals surface area contributed by atoms with E-state index >= 15 is 0 Å². The van der Waals surface area contributed by atoms with E-state index in [9.17, 15) is 9.59 Å². The summed E-state index contributed by atoms with van der Waals surface area (Å²) in [5.74, 6) is 0.658. The lowest BCUT2D eigenvalue weighted by molar-refractivity contribution is -0.133. The molecule has 2 amide bonds. The first kappa shape index (κ1) is 21.1. The van der Waals surface area contributed by atoms with Gasteiger partial charge in [-0.3, -0.25) is 14.5 Å². The van der Waals surface area contributed by atoms with Crippen LogP contribution in [0.1, 0.15) is 18.4 Å². The van der Waals surface area contributed by atoms with Crippen LogP contribution in [-0.2, 0) is 16.1 Å². The zero-order chi connectivity index (χ0) is 20.8. The van der Waals surface area contributed by atoms with E-state index in [1.54, 1.807) is 43.3 Å². The summed E-state index contributed by atoms with van der Waals surface area (Å²) in [6.07, 6.45) is 2.06. The van der Waals surface area contributed by atoms with Crippen LogP contribution in [0.4, 0.5) is 5.69 Å². The van der Waals surface area contributed by atoms with E-state index in [0.29, 0.717) is 23.3 Å². The topological polar surface area (TPSA) is 61.9 Å². The van der Waals surface area contributed by atoms with Crippen molar-refractivity contribution in [3.63, 3.8) is 0 Å². The minimum Gasteiger partial charge on any atom is -0.497 e. The van der Waals surface area contributed by atoms with Gasteiger partial charge in [-0.25, -0.2) is 0 Å². The fourth-order valence-corrected chi connectivity index (χ4v) is 3.22. The van der Waals surface area contributed by atoms with Crippen molar-refractivity contribution in [1.82, 2.24) is 9.80 Å². The van der Waals surface area contributed by atoms with Gasteiger partial charge >= 0.3 is 0 Å². The largest absolute Gasteiger partial charge is 0.497 e. The molecule has 1 N–H and O–H groups in total. The molecule has 6 nitrogen and oxygen atoms in total. The Morgan fingerprint density at radius 1 is 1.07 bits per heavy atom. The maximum absolute atomic E-state index is 12.9. The molecule has 29 heavy (non-hydrogen) atoms. The average molecular weight is 416 g/mol. The van der Waals surface area contributed by atoms with Crippen molar-refractivity contribution < 1.29 is 14.3 Å². The molecule has 0 saturated heterocycles. The van der Waals surface area contributed by atoms with Crippen LogP contribution in [0.25, 0.3) is 0 Å². The fourth-order valence-electron chi connectivity index (χ4n) is 3.09. The van der Waals surface area contributed by atoms with E-state index in [-0.39, 0.29) is 24.9 Å². The highest BCUT2D eigenvalue weighted by Gasteiger charge is 2.32. The van der Waals surface area contributed by atoms with Gasteiger partial charge in [0.15, 0.2) is 0 Å². The summed E-state index contributed by atoms with van der Waals surface area (Å²) >= 11 is 5.85. The Bertz CT molecular complexity index is 835. The highest BCUT2D eigenvalue weighted by molar-refractivity contribution is 6.30. The van der Waals surface area contributed by atoms with Crippen LogP contribution < -0.4 is 10.1 Å². The molecule has 1 aliphatic rings. The van der Waals surface area contributed by atoms with Crippen LogP contribution in [-0.4, -0.2) is 54.9 Å². The molecule has 0 atom stereocenters. The SMILES string of the molecule is COc1ccc(CN(C(=O)CN(C)CC(=O)Nc2ccc(Cl)cc2)C2CC2)cc1. The summed E-state index contributed by atoms with van der Waals surface area (Å²) in [6, 6.07) is 15.0. The Hall–Kier alpha value is -2.57. The number of hydrogen-bond acceptors (Lipinski definition) is 4. The number of rotatable bonds is 9. The lowest BCUT2D eigenvalue weighted by atomic mass is 10.2. The summed E-state index contributed by atoms with van der Waals surface area (Å²) in [7, 11) is 3.41. The predicted molar refractivity (Wildman–Crippen MR) is 114 cm³/mol. The molecule has 7 heteroatoms. The molecule has 0 spiro atoms. The Kier molecular flexibility index (Phi) is 7.12. The van der Waals surface area contributed by atoms with Gasteiger partial charge < -0.3 is 15.0 Å². The smallest absolute Gasteiger partial charge is 0.238 e. The van der Waals surface area contributed by atoms with Crippen molar-refractivity contribution in [2.24, 2.45) is 0 Å². The summed E-state index contributed by atoms with van der Waals surface area (Å²) in [4.78, 5) is 28.7. The van der Waals surface area contributed by atoms with E-state index in [1.807, 2.05) is 29.2 Å². The zero-order valence-electron chi connectivity index (χ0n) is 16.7. The summed E-state index contributed by atoms with van der Waals surface area (Å²) in [5, 5.41) is 3.43. The molecule has 1 aliphatic carbocycles. The van der Waals surface area contributed by atoms with Gasteiger partial charge in [0, 0.05) is 23.3 Å². The van der Waals surface area contributed by atoms with E-state index in [1.165, 1.54) is 0 Å². The number of ether oxygens (including phenoxy) is 1. The number of hydrogen-bond donors (Lipinski definition) is 1. The molecular formula is C22H26ClN3O3. The van der Waals surface area contributed by atoms with Crippen molar-refractivity contribution in [2.45, 2.75) is 25.4 Å². The monoisotopic (exact) mass is 415 g/mol. The number of methoxy groups -OCH3 is 1. The second kappa shape index (κ2) is 9.76. The van der Waals surface area contributed by atoms with Gasteiger partial charge in [-0.2, -0.15) is 0 Å². The van der Waals surface area contributed by atoms with Gasteiger partial charge in [0.1, 0.15) is 5.75 Å². The standard InChI is InChI=1S/C22H26ClN3O3/c1-25(14-21(27)24-18-7-5-17(23)6-8-18)15-22(28)26(19-9-10-19)13-16-3-11-20(29-2)12-4-16/h3-8,11-12,19H,9-10,13-15H2,1-2H3,(H,24,27). The molecule has 0 unspecified atom stereocenters. The van der Waals surface area contributed by atoms with E-state index < -0.39 is 0 Å². The third-order valence-corrected chi connectivity index (χ3v) is 5.02.